The van der Waals surface area contributed by atoms with Gasteiger partial charge in [-0.1, -0.05) is 19.8 Å². The summed E-state index contributed by atoms with van der Waals surface area (Å²) in [6.07, 6.45) is 7.29. The van der Waals surface area contributed by atoms with Crippen molar-refractivity contribution < 1.29 is 0 Å². The summed E-state index contributed by atoms with van der Waals surface area (Å²) in [7, 11) is 1.98. The summed E-state index contributed by atoms with van der Waals surface area (Å²) in [5.74, 6) is 1.05. The van der Waals surface area contributed by atoms with Gasteiger partial charge in [-0.05, 0) is 13.5 Å². The maximum atomic E-state index is 4.22. The van der Waals surface area contributed by atoms with E-state index in [4.69, 9.17) is 0 Å². The minimum Gasteiger partial charge on any atom is -0.347 e. The first-order valence-corrected chi connectivity index (χ1v) is 4.55. The van der Waals surface area contributed by atoms with Gasteiger partial charge in [0.05, 0.1) is 6.04 Å². The smallest absolute Gasteiger partial charge is 0.123 e. The van der Waals surface area contributed by atoms with Gasteiger partial charge in [0.25, 0.3) is 0 Å². The first-order valence-electron chi connectivity index (χ1n) is 4.55. The first kappa shape index (κ1) is 9.26. The summed E-state index contributed by atoms with van der Waals surface area (Å²) < 4.78 is 0. The van der Waals surface area contributed by atoms with Crippen molar-refractivity contribution in [2.45, 2.75) is 32.2 Å². The molecule has 0 radical (unpaired) electrons. The van der Waals surface area contributed by atoms with Crippen LogP contribution in [-0.4, -0.2) is 17.0 Å². The van der Waals surface area contributed by atoms with E-state index in [-0.39, 0.29) is 0 Å². The highest BCUT2D eigenvalue weighted by molar-refractivity contribution is 4.94. The maximum absolute atomic E-state index is 4.22. The second kappa shape index (κ2) is 4.93. The molecule has 0 aliphatic rings. The number of nitrogens with one attached hydrogen (secondary N) is 2. The zero-order valence-electron chi connectivity index (χ0n) is 7.80. The molecule has 1 atom stereocenters. The van der Waals surface area contributed by atoms with Crippen molar-refractivity contribution in [1.29, 1.82) is 0 Å². The average molecular weight is 167 g/mol. The van der Waals surface area contributed by atoms with Gasteiger partial charge < -0.3 is 10.3 Å². The molecule has 0 aliphatic carbocycles. The molecule has 0 spiro atoms. The number of hydrogen-bond acceptors (Lipinski definition) is 2. The normalized spacial score (nSPS) is 13.2. The van der Waals surface area contributed by atoms with Crippen LogP contribution in [-0.2, 0) is 0 Å². The Hall–Kier alpha value is -0.830. The summed E-state index contributed by atoms with van der Waals surface area (Å²) in [6, 6.07) is 0.389. The number of rotatable bonds is 5. The molecule has 1 unspecified atom stereocenters. The number of hydrogen-bond donors (Lipinski definition) is 2. The van der Waals surface area contributed by atoms with Crippen molar-refractivity contribution in [3.8, 4) is 0 Å². The Labute approximate surface area is 73.6 Å². The first-order chi connectivity index (χ1) is 5.88. The molecule has 68 valence electrons. The van der Waals surface area contributed by atoms with Gasteiger partial charge in [-0.25, -0.2) is 4.98 Å². The highest BCUT2D eigenvalue weighted by Gasteiger charge is 2.09. The highest BCUT2D eigenvalue weighted by Crippen LogP contribution is 2.14. The van der Waals surface area contributed by atoms with E-state index in [9.17, 15) is 0 Å². The van der Waals surface area contributed by atoms with Gasteiger partial charge in [0.15, 0.2) is 0 Å². The predicted molar refractivity (Wildman–Crippen MR) is 49.9 cm³/mol. The molecule has 2 N–H and O–H groups in total. The van der Waals surface area contributed by atoms with Crippen LogP contribution >= 0.6 is 0 Å². The number of H-pyrrole nitrogens is 1. The molecule has 1 aromatic rings. The number of unbranched alkanes of at least 4 members (excludes halogenated alkanes) is 1. The Balaban J connectivity index is 2.45. The van der Waals surface area contributed by atoms with Crippen molar-refractivity contribution in [3.05, 3.63) is 18.2 Å². The fourth-order valence-electron chi connectivity index (χ4n) is 1.29. The SMILES string of the molecule is CCCCC(NC)c1ncc[nH]1. The van der Waals surface area contributed by atoms with Crippen LogP contribution < -0.4 is 5.32 Å². The molecule has 0 fully saturated rings. The van der Waals surface area contributed by atoms with Crippen LogP contribution in [0.5, 0.6) is 0 Å². The van der Waals surface area contributed by atoms with Gasteiger partial charge in [-0.2, -0.15) is 0 Å². The van der Waals surface area contributed by atoms with Crippen molar-refractivity contribution in [1.82, 2.24) is 15.3 Å². The largest absolute Gasteiger partial charge is 0.347 e. The Kier molecular flexibility index (Phi) is 3.80. The van der Waals surface area contributed by atoms with Crippen LogP contribution in [0.3, 0.4) is 0 Å². The lowest BCUT2D eigenvalue weighted by molar-refractivity contribution is 0.502. The minimum absolute atomic E-state index is 0.389. The monoisotopic (exact) mass is 167 g/mol. The van der Waals surface area contributed by atoms with E-state index in [1.54, 1.807) is 6.20 Å². The van der Waals surface area contributed by atoms with E-state index >= 15 is 0 Å². The van der Waals surface area contributed by atoms with E-state index in [0.29, 0.717) is 6.04 Å². The third-order valence-electron chi connectivity index (χ3n) is 2.04. The van der Waals surface area contributed by atoms with E-state index in [2.05, 4.69) is 22.2 Å². The predicted octanol–water partition coefficient (Wildman–Crippen LogP) is 1.86. The van der Waals surface area contributed by atoms with Crippen LogP contribution in [0, 0.1) is 0 Å². The lowest BCUT2D eigenvalue weighted by atomic mass is 10.1. The summed E-state index contributed by atoms with van der Waals surface area (Å²) >= 11 is 0. The molecular formula is C9H17N3. The highest BCUT2D eigenvalue weighted by atomic mass is 15.0. The van der Waals surface area contributed by atoms with Gasteiger partial charge in [0.1, 0.15) is 5.82 Å². The number of nitrogens with zero attached hydrogens (tertiary/aromatic N) is 1. The molecule has 1 heterocycles. The molecular weight excluding hydrogens is 150 g/mol. The third-order valence-corrected chi connectivity index (χ3v) is 2.04. The molecule has 0 amide bonds. The van der Waals surface area contributed by atoms with Crippen molar-refractivity contribution >= 4 is 0 Å². The Bertz CT molecular complexity index is 194. The molecule has 1 rings (SSSR count). The molecule has 3 heteroatoms. The van der Waals surface area contributed by atoms with Gasteiger partial charge in [-0.3, -0.25) is 0 Å². The summed E-state index contributed by atoms with van der Waals surface area (Å²) in [5.41, 5.74) is 0. The molecule has 0 aliphatic heterocycles. The molecule has 0 bridgehead atoms. The van der Waals surface area contributed by atoms with Crippen LogP contribution in [0.2, 0.25) is 0 Å². The average Bonchev–Trinajstić information content (AvgIpc) is 2.59. The second-order valence-corrected chi connectivity index (χ2v) is 2.96. The maximum Gasteiger partial charge on any atom is 0.123 e. The molecule has 1 aromatic heterocycles. The molecule has 0 aromatic carbocycles. The van der Waals surface area contributed by atoms with Gasteiger partial charge >= 0.3 is 0 Å². The van der Waals surface area contributed by atoms with Crippen LogP contribution in [0.25, 0.3) is 0 Å². The van der Waals surface area contributed by atoms with Crippen molar-refractivity contribution in [2.75, 3.05) is 7.05 Å². The lowest BCUT2D eigenvalue weighted by Gasteiger charge is -2.12. The number of aromatic nitrogens is 2. The Morgan fingerprint density at radius 1 is 1.67 bits per heavy atom. The minimum atomic E-state index is 0.389. The summed E-state index contributed by atoms with van der Waals surface area (Å²) in [6.45, 7) is 2.20. The molecule has 12 heavy (non-hydrogen) atoms. The van der Waals surface area contributed by atoms with E-state index in [1.165, 1.54) is 12.8 Å². The van der Waals surface area contributed by atoms with Crippen molar-refractivity contribution in [2.24, 2.45) is 0 Å². The zero-order valence-corrected chi connectivity index (χ0v) is 7.80. The van der Waals surface area contributed by atoms with Crippen LogP contribution in [0.4, 0.5) is 0 Å². The summed E-state index contributed by atoms with van der Waals surface area (Å²) in [4.78, 5) is 7.35. The fraction of sp³-hybridized carbons (Fsp3) is 0.667. The summed E-state index contributed by atoms with van der Waals surface area (Å²) in [5, 5.41) is 3.25. The van der Waals surface area contributed by atoms with E-state index in [1.807, 2.05) is 13.2 Å². The van der Waals surface area contributed by atoms with E-state index < -0.39 is 0 Å². The number of imidazole rings is 1. The van der Waals surface area contributed by atoms with Crippen LogP contribution in [0.1, 0.15) is 38.1 Å². The fourth-order valence-corrected chi connectivity index (χ4v) is 1.29. The Morgan fingerprint density at radius 3 is 3.00 bits per heavy atom. The molecule has 3 nitrogen and oxygen atoms in total. The van der Waals surface area contributed by atoms with E-state index in [0.717, 1.165) is 12.2 Å². The van der Waals surface area contributed by atoms with Gasteiger partial charge in [0, 0.05) is 12.4 Å². The topological polar surface area (TPSA) is 40.7 Å². The standard InChI is InChI=1S/C9H17N3/c1-3-4-5-8(10-2)9-11-6-7-12-9/h6-8,10H,3-5H2,1-2H3,(H,11,12). The number of aromatic amines is 1. The second-order valence-electron chi connectivity index (χ2n) is 2.96. The molecule has 0 saturated carbocycles. The quantitative estimate of drug-likeness (QED) is 0.702. The zero-order chi connectivity index (χ0) is 8.81. The Morgan fingerprint density at radius 2 is 2.50 bits per heavy atom. The van der Waals surface area contributed by atoms with Crippen LogP contribution in [0.15, 0.2) is 12.4 Å². The lowest BCUT2D eigenvalue weighted by Crippen LogP contribution is -2.17. The van der Waals surface area contributed by atoms with Gasteiger partial charge in [0.2, 0.25) is 0 Å². The van der Waals surface area contributed by atoms with Crippen molar-refractivity contribution in [3.63, 3.8) is 0 Å². The van der Waals surface area contributed by atoms with Gasteiger partial charge in [-0.15, -0.1) is 0 Å². The third kappa shape index (κ3) is 2.34. The molecule has 0 saturated heterocycles.